The third-order valence-electron chi connectivity index (χ3n) is 6.38. The van der Waals surface area contributed by atoms with Crippen molar-refractivity contribution in [2.24, 2.45) is 5.41 Å². The second-order valence-corrected chi connectivity index (χ2v) is 8.78. The number of H-pyrrole nitrogens is 1. The lowest BCUT2D eigenvalue weighted by Gasteiger charge is -2.53. The SMILES string of the molecule is C[C@H](C(=O)Nc1cc(C2CC3(COC3)C2)[nH]n1)c1cnn(-c2cc(F)cc(C(F)F)c2)c1. The van der Waals surface area contributed by atoms with E-state index in [1.54, 1.807) is 6.92 Å². The molecular weight excluding hydrogens is 423 g/mol. The molecular formula is C22H22F3N5O2. The summed E-state index contributed by atoms with van der Waals surface area (Å²) in [7, 11) is 0. The van der Waals surface area contributed by atoms with Crippen LogP contribution in [0.2, 0.25) is 0 Å². The van der Waals surface area contributed by atoms with Crippen molar-refractivity contribution < 1.29 is 22.7 Å². The number of carbonyl (C=O) groups is 1. The van der Waals surface area contributed by atoms with Crippen LogP contribution in [0.4, 0.5) is 19.0 Å². The summed E-state index contributed by atoms with van der Waals surface area (Å²) in [6.45, 7) is 3.35. The van der Waals surface area contributed by atoms with E-state index in [0.717, 1.165) is 43.9 Å². The van der Waals surface area contributed by atoms with Crippen molar-refractivity contribution in [2.45, 2.75) is 38.0 Å². The van der Waals surface area contributed by atoms with Crippen molar-refractivity contribution in [2.75, 3.05) is 18.5 Å². The monoisotopic (exact) mass is 445 g/mol. The predicted molar refractivity (Wildman–Crippen MR) is 109 cm³/mol. The summed E-state index contributed by atoms with van der Waals surface area (Å²) in [5.74, 6) is -0.797. The highest BCUT2D eigenvalue weighted by molar-refractivity contribution is 5.94. The first kappa shape index (κ1) is 20.7. The number of anilines is 1. The maximum absolute atomic E-state index is 13.7. The number of alkyl halides is 2. The lowest BCUT2D eigenvalue weighted by molar-refractivity contribution is -0.164. The molecule has 1 amide bonds. The minimum absolute atomic E-state index is 0.159. The first-order valence-corrected chi connectivity index (χ1v) is 10.4. The molecule has 2 aliphatic rings. The topological polar surface area (TPSA) is 84.8 Å². The molecule has 2 fully saturated rings. The largest absolute Gasteiger partial charge is 0.380 e. The molecule has 1 aliphatic heterocycles. The van der Waals surface area contributed by atoms with Crippen LogP contribution in [0.15, 0.2) is 36.7 Å². The van der Waals surface area contributed by atoms with Gasteiger partial charge in [0, 0.05) is 40.4 Å². The highest BCUT2D eigenvalue weighted by atomic mass is 19.3. The fraction of sp³-hybridized carbons (Fsp3) is 0.409. The van der Waals surface area contributed by atoms with Gasteiger partial charge in [-0.05, 0) is 38.0 Å². The quantitative estimate of drug-likeness (QED) is 0.592. The zero-order valence-electron chi connectivity index (χ0n) is 17.3. The molecule has 1 aliphatic carbocycles. The number of ether oxygens (including phenoxy) is 1. The van der Waals surface area contributed by atoms with Crippen molar-refractivity contribution in [3.63, 3.8) is 0 Å². The summed E-state index contributed by atoms with van der Waals surface area (Å²) in [5, 5.41) is 14.1. The Balaban J connectivity index is 1.24. The Morgan fingerprint density at radius 1 is 1.25 bits per heavy atom. The van der Waals surface area contributed by atoms with E-state index in [-0.39, 0.29) is 11.6 Å². The fourth-order valence-electron chi connectivity index (χ4n) is 4.38. The molecule has 1 saturated heterocycles. The fourth-order valence-corrected chi connectivity index (χ4v) is 4.38. The van der Waals surface area contributed by atoms with Gasteiger partial charge in [0.15, 0.2) is 5.82 Å². The number of amides is 1. The Labute approximate surface area is 182 Å². The number of rotatable bonds is 6. The number of hydrogen-bond acceptors (Lipinski definition) is 4. The molecule has 1 atom stereocenters. The molecule has 32 heavy (non-hydrogen) atoms. The van der Waals surface area contributed by atoms with Crippen molar-refractivity contribution in [1.29, 1.82) is 0 Å². The van der Waals surface area contributed by atoms with E-state index in [2.05, 4.69) is 20.6 Å². The highest BCUT2D eigenvalue weighted by Gasteiger charge is 2.50. The van der Waals surface area contributed by atoms with Crippen LogP contribution < -0.4 is 5.32 Å². The van der Waals surface area contributed by atoms with Gasteiger partial charge in [0.1, 0.15) is 5.82 Å². The van der Waals surface area contributed by atoms with E-state index in [1.807, 2.05) is 6.07 Å². The van der Waals surface area contributed by atoms with Gasteiger partial charge in [-0.2, -0.15) is 10.2 Å². The molecule has 0 radical (unpaired) electrons. The van der Waals surface area contributed by atoms with Crippen LogP contribution in [0.25, 0.3) is 5.69 Å². The molecule has 3 heterocycles. The average molecular weight is 445 g/mol. The minimum atomic E-state index is -2.80. The smallest absolute Gasteiger partial charge is 0.264 e. The Bertz CT molecular complexity index is 1150. The maximum atomic E-state index is 13.7. The second kappa shape index (κ2) is 7.77. The van der Waals surface area contributed by atoms with Gasteiger partial charge in [0.2, 0.25) is 5.91 Å². The van der Waals surface area contributed by atoms with Crippen LogP contribution in [0.5, 0.6) is 0 Å². The maximum Gasteiger partial charge on any atom is 0.264 e. The van der Waals surface area contributed by atoms with Crippen molar-refractivity contribution in [3.05, 3.63) is 59.3 Å². The van der Waals surface area contributed by atoms with Crippen molar-refractivity contribution in [3.8, 4) is 5.69 Å². The van der Waals surface area contributed by atoms with Crippen LogP contribution in [-0.2, 0) is 9.53 Å². The molecule has 10 heteroatoms. The Hall–Kier alpha value is -3.14. The molecule has 168 valence electrons. The van der Waals surface area contributed by atoms with Gasteiger partial charge in [-0.3, -0.25) is 9.89 Å². The highest BCUT2D eigenvalue weighted by Crippen LogP contribution is 2.54. The average Bonchev–Trinajstić information content (AvgIpc) is 3.35. The third kappa shape index (κ3) is 3.79. The van der Waals surface area contributed by atoms with E-state index >= 15 is 0 Å². The van der Waals surface area contributed by atoms with Gasteiger partial charge in [-0.1, -0.05) is 0 Å². The van der Waals surface area contributed by atoms with Crippen molar-refractivity contribution in [1.82, 2.24) is 20.0 Å². The van der Waals surface area contributed by atoms with Gasteiger partial charge in [-0.15, -0.1) is 0 Å². The number of nitrogens with zero attached hydrogens (tertiary/aromatic N) is 3. The summed E-state index contributed by atoms with van der Waals surface area (Å²) >= 11 is 0. The number of aromatic nitrogens is 4. The van der Waals surface area contributed by atoms with E-state index in [1.165, 1.54) is 23.1 Å². The second-order valence-electron chi connectivity index (χ2n) is 8.78. The zero-order valence-corrected chi connectivity index (χ0v) is 17.3. The van der Waals surface area contributed by atoms with E-state index < -0.39 is 23.7 Å². The van der Waals surface area contributed by atoms with Crippen LogP contribution in [0, 0.1) is 11.2 Å². The van der Waals surface area contributed by atoms with Gasteiger partial charge in [-0.25, -0.2) is 17.9 Å². The molecule has 2 aromatic heterocycles. The lowest BCUT2D eigenvalue weighted by Crippen LogP contribution is -2.51. The van der Waals surface area contributed by atoms with Crippen LogP contribution in [0.3, 0.4) is 0 Å². The van der Waals surface area contributed by atoms with E-state index in [9.17, 15) is 18.0 Å². The standard InChI is InChI=1S/C22H22F3N5O2/c1-12(15-8-26-30(9-15)17-3-13(20(24)25)2-16(23)4-17)21(31)27-19-5-18(28-29-19)14-6-22(7-14)10-32-11-22/h2-5,8-9,12,14,20H,6-7,10-11H2,1H3,(H2,27,28,29,31)/t12-/m0/s1. The molecule has 1 aromatic carbocycles. The Morgan fingerprint density at radius 2 is 2.03 bits per heavy atom. The zero-order chi connectivity index (χ0) is 22.5. The molecule has 3 aromatic rings. The van der Waals surface area contributed by atoms with E-state index in [0.29, 0.717) is 22.7 Å². The minimum Gasteiger partial charge on any atom is -0.380 e. The van der Waals surface area contributed by atoms with Gasteiger partial charge in [0.25, 0.3) is 6.43 Å². The molecule has 1 saturated carbocycles. The summed E-state index contributed by atoms with van der Waals surface area (Å²) < 4.78 is 46.2. The third-order valence-corrected chi connectivity index (χ3v) is 6.38. The first-order chi connectivity index (χ1) is 15.3. The number of nitrogens with one attached hydrogen (secondary N) is 2. The summed E-state index contributed by atoms with van der Waals surface area (Å²) in [5.41, 5.74) is 1.63. The number of carbonyl (C=O) groups excluding carboxylic acids is 1. The van der Waals surface area contributed by atoms with Gasteiger partial charge < -0.3 is 10.1 Å². The molecule has 7 nitrogen and oxygen atoms in total. The van der Waals surface area contributed by atoms with Crippen LogP contribution in [0.1, 0.15) is 54.8 Å². The lowest BCUT2D eigenvalue weighted by atomic mass is 9.60. The number of halogens is 3. The van der Waals surface area contributed by atoms with Crippen LogP contribution in [-0.4, -0.2) is 39.1 Å². The summed E-state index contributed by atoms with van der Waals surface area (Å²) in [6, 6.07) is 4.92. The van der Waals surface area contributed by atoms with Crippen molar-refractivity contribution >= 4 is 11.7 Å². The van der Waals surface area contributed by atoms with Gasteiger partial charge in [0.05, 0.1) is 31.0 Å². The Kier molecular flexibility index (Phi) is 5.04. The number of aromatic amines is 1. The number of benzene rings is 1. The molecule has 0 bridgehead atoms. The normalized spacial score (nSPS) is 18.4. The van der Waals surface area contributed by atoms with Crippen LogP contribution >= 0.6 is 0 Å². The summed E-state index contributed by atoms with van der Waals surface area (Å²) in [4.78, 5) is 12.7. The molecule has 1 spiro atoms. The van der Waals surface area contributed by atoms with Gasteiger partial charge >= 0.3 is 0 Å². The predicted octanol–water partition coefficient (Wildman–Crippen LogP) is 4.31. The van der Waals surface area contributed by atoms with E-state index in [4.69, 9.17) is 4.74 Å². The molecule has 0 unspecified atom stereocenters. The summed E-state index contributed by atoms with van der Waals surface area (Å²) in [6.07, 6.45) is 2.31. The Morgan fingerprint density at radius 3 is 2.72 bits per heavy atom. The number of hydrogen-bond donors (Lipinski definition) is 2. The molecule has 5 rings (SSSR count). The first-order valence-electron chi connectivity index (χ1n) is 10.4. The molecule has 2 N–H and O–H groups in total.